The van der Waals surface area contributed by atoms with Crippen molar-refractivity contribution in [2.75, 3.05) is 25.0 Å². The van der Waals surface area contributed by atoms with Gasteiger partial charge in [0.25, 0.3) is 0 Å². The molecule has 1 atom stereocenters. The lowest BCUT2D eigenvalue weighted by molar-refractivity contribution is 0.223. The number of likely N-dealkylation sites (tertiary alicyclic amines) is 1. The minimum atomic E-state index is 0.333. The number of anilines is 1. The predicted molar refractivity (Wildman–Crippen MR) is 90.7 cm³/mol. The first-order valence-electron chi connectivity index (χ1n) is 7.14. The highest BCUT2D eigenvalue weighted by atomic mass is 35.5. The molecule has 3 N–H and O–H groups in total. The van der Waals surface area contributed by atoms with Gasteiger partial charge in [0.2, 0.25) is 0 Å². The molecule has 0 amide bonds. The van der Waals surface area contributed by atoms with E-state index in [-0.39, 0.29) is 0 Å². The van der Waals surface area contributed by atoms with Crippen LogP contribution in [0.4, 0.5) is 5.69 Å². The summed E-state index contributed by atoms with van der Waals surface area (Å²) >= 11 is 11.2. The second-order valence-corrected chi connectivity index (χ2v) is 6.34. The molecule has 20 heavy (non-hydrogen) atoms. The Hall–Kier alpha value is -0.840. The van der Waals surface area contributed by atoms with E-state index in [9.17, 15) is 0 Å². The fraction of sp³-hybridized carbons (Fsp3) is 0.533. The first kappa shape index (κ1) is 15.5. The van der Waals surface area contributed by atoms with Gasteiger partial charge in [0.15, 0.2) is 0 Å². The minimum absolute atomic E-state index is 0.333. The maximum absolute atomic E-state index is 6.06. The molecule has 0 spiro atoms. The number of halogens is 1. The number of hydrogen-bond donors (Lipinski definition) is 2. The molecule has 0 saturated carbocycles. The van der Waals surface area contributed by atoms with E-state index in [1.807, 2.05) is 18.2 Å². The standard InChI is InChI=1S/C15H22ClN3S/c1-11(10-19-7-3-2-4-8-19)18-14-9-12(16)5-6-13(14)15(17)20/h5-6,9,11,18H,2-4,7-8,10H2,1H3,(H2,17,20). The number of rotatable bonds is 5. The first-order chi connectivity index (χ1) is 9.56. The Labute approximate surface area is 131 Å². The van der Waals surface area contributed by atoms with Crippen LogP contribution in [0.2, 0.25) is 5.02 Å². The van der Waals surface area contributed by atoms with Crippen LogP contribution < -0.4 is 11.1 Å². The zero-order valence-corrected chi connectivity index (χ0v) is 13.4. The molecule has 2 rings (SSSR count). The Morgan fingerprint density at radius 3 is 2.75 bits per heavy atom. The molecular formula is C15H22ClN3S. The van der Waals surface area contributed by atoms with Gasteiger partial charge in [-0.15, -0.1) is 0 Å². The summed E-state index contributed by atoms with van der Waals surface area (Å²) in [5.41, 5.74) is 7.54. The molecule has 1 fully saturated rings. The maximum Gasteiger partial charge on any atom is 0.106 e. The molecule has 1 aliphatic rings. The van der Waals surface area contributed by atoms with Crippen LogP contribution in [0.1, 0.15) is 31.7 Å². The highest BCUT2D eigenvalue weighted by Gasteiger charge is 2.15. The van der Waals surface area contributed by atoms with Crippen molar-refractivity contribution in [2.24, 2.45) is 5.73 Å². The van der Waals surface area contributed by atoms with Gasteiger partial charge in [0, 0.05) is 28.9 Å². The molecule has 0 aliphatic carbocycles. The second-order valence-electron chi connectivity index (χ2n) is 5.46. The van der Waals surface area contributed by atoms with Gasteiger partial charge >= 0.3 is 0 Å². The maximum atomic E-state index is 6.06. The van der Waals surface area contributed by atoms with Gasteiger partial charge in [-0.3, -0.25) is 0 Å². The molecule has 5 heteroatoms. The summed E-state index contributed by atoms with van der Waals surface area (Å²) in [4.78, 5) is 2.90. The molecule has 0 aromatic heterocycles. The minimum Gasteiger partial charge on any atom is -0.389 e. The fourth-order valence-corrected chi connectivity index (χ4v) is 3.04. The largest absolute Gasteiger partial charge is 0.389 e. The lowest BCUT2D eigenvalue weighted by Gasteiger charge is -2.30. The van der Waals surface area contributed by atoms with Crippen LogP contribution >= 0.6 is 23.8 Å². The zero-order valence-electron chi connectivity index (χ0n) is 11.9. The molecule has 110 valence electrons. The third kappa shape index (κ3) is 4.33. The first-order valence-corrected chi connectivity index (χ1v) is 7.93. The number of thiocarbonyl (C=S) groups is 1. The van der Waals surface area contributed by atoms with E-state index in [2.05, 4.69) is 17.1 Å². The lowest BCUT2D eigenvalue weighted by atomic mass is 10.1. The van der Waals surface area contributed by atoms with Crippen molar-refractivity contribution in [3.8, 4) is 0 Å². The summed E-state index contributed by atoms with van der Waals surface area (Å²) in [5.74, 6) is 0. The molecule has 1 heterocycles. The molecule has 1 unspecified atom stereocenters. The third-order valence-corrected chi connectivity index (χ3v) is 4.08. The Balaban J connectivity index is 2.00. The SMILES string of the molecule is CC(CN1CCCCC1)Nc1cc(Cl)ccc1C(N)=S. The molecular weight excluding hydrogens is 290 g/mol. The molecule has 1 aromatic carbocycles. The van der Waals surface area contributed by atoms with E-state index >= 15 is 0 Å². The van der Waals surface area contributed by atoms with Gasteiger partial charge in [-0.1, -0.05) is 30.2 Å². The van der Waals surface area contributed by atoms with Crippen LogP contribution in [0.5, 0.6) is 0 Å². The van der Waals surface area contributed by atoms with Crippen molar-refractivity contribution in [1.29, 1.82) is 0 Å². The second kappa shape index (κ2) is 7.25. The molecule has 1 aliphatic heterocycles. The summed E-state index contributed by atoms with van der Waals surface area (Å²) < 4.78 is 0. The van der Waals surface area contributed by atoms with Gasteiger partial charge in [-0.25, -0.2) is 0 Å². The van der Waals surface area contributed by atoms with E-state index < -0.39 is 0 Å². The number of benzene rings is 1. The van der Waals surface area contributed by atoms with Crippen LogP contribution in [-0.4, -0.2) is 35.6 Å². The summed E-state index contributed by atoms with van der Waals surface area (Å²) in [6, 6.07) is 5.92. The number of nitrogens with two attached hydrogens (primary N) is 1. The number of nitrogens with zero attached hydrogens (tertiary/aromatic N) is 1. The Morgan fingerprint density at radius 2 is 2.10 bits per heavy atom. The van der Waals surface area contributed by atoms with Crippen LogP contribution in [0, 0.1) is 0 Å². The van der Waals surface area contributed by atoms with E-state index in [4.69, 9.17) is 29.6 Å². The van der Waals surface area contributed by atoms with E-state index in [0.717, 1.165) is 17.8 Å². The average Bonchev–Trinajstić information content (AvgIpc) is 2.39. The van der Waals surface area contributed by atoms with E-state index in [0.29, 0.717) is 16.1 Å². The van der Waals surface area contributed by atoms with Crippen LogP contribution in [0.15, 0.2) is 18.2 Å². The quantitative estimate of drug-likeness (QED) is 0.819. The van der Waals surface area contributed by atoms with Crippen molar-refractivity contribution in [3.05, 3.63) is 28.8 Å². The monoisotopic (exact) mass is 311 g/mol. The molecule has 1 saturated heterocycles. The van der Waals surface area contributed by atoms with Crippen molar-refractivity contribution in [3.63, 3.8) is 0 Å². The van der Waals surface area contributed by atoms with Gasteiger partial charge < -0.3 is 16.0 Å². The number of piperidine rings is 1. The molecule has 1 aromatic rings. The van der Waals surface area contributed by atoms with Crippen LogP contribution in [0.25, 0.3) is 0 Å². The summed E-state index contributed by atoms with van der Waals surface area (Å²) in [6.07, 6.45) is 3.97. The lowest BCUT2D eigenvalue weighted by Crippen LogP contribution is -2.38. The Kier molecular flexibility index (Phi) is 5.64. The van der Waals surface area contributed by atoms with Crippen molar-refractivity contribution >= 4 is 34.5 Å². The van der Waals surface area contributed by atoms with E-state index in [1.54, 1.807) is 0 Å². The normalized spacial score (nSPS) is 17.7. The predicted octanol–water partition coefficient (Wildman–Crippen LogP) is 3.26. The highest BCUT2D eigenvalue weighted by Crippen LogP contribution is 2.22. The fourth-order valence-electron chi connectivity index (χ4n) is 2.69. The van der Waals surface area contributed by atoms with Crippen LogP contribution in [-0.2, 0) is 0 Å². The van der Waals surface area contributed by atoms with Crippen LogP contribution in [0.3, 0.4) is 0 Å². The van der Waals surface area contributed by atoms with Gasteiger partial charge in [-0.2, -0.15) is 0 Å². The topological polar surface area (TPSA) is 41.3 Å². The highest BCUT2D eigenvalue weighted by molar-refractivity contribution is 7.80. The Bertz CT molecular complexity index is 472. The summed E-state index contributed by atoms with van der Waals surface area (Å²) in [6.45, 7) is 5.61. The molecule has 3 nitrogen and oxygen atoms in total. The number of nitrogens with one attached hydrogen (secondary N) is 1. The smallest absolute Gasteiger partial charge is 0.106 e. The van der Waals surface area contributed by atoms with Crippen molar-refractivity contribution < 1.29 is 0 Å². The van der Waals surface area contributed by atoms with Gasteiger partial charge in [-0.05, 0) is 51.1 Å². The van der Waals surface area contributed by atoms with Crippen molar-refractivity contribution in [2.45, 2.75) is 32.2 Å². The third-order valence-electron chi connectivity index (χ3n) is 3.63. The van der Waals surface area contributed by atoms with Crippen molar-refractivity contribution in [1.82, 2.24) is 4.90 Å². The summed E-state index contributed by atoms with van der Waals surface area (Å²) in [7, 11) is 0. The molecule has 0 bridgehead atoms. The average molecular weight is 312 g/mol. The molecule has 0 radical (unpaired) electrons. The van der Waals surface area contributed by atoms with Gasteiger partial charge in [0.05, 0.1) is 0 Å². The Morgan fingerprint density at radius 1 is 1.40 bits per heavy atom. The van der Waals surface area contributed by atoms with Gasteiger partial charge in [0.1, 0.15) is 4.99 Å². The van der Waals surface area contributed by atoms with E-state index in [1.165, 1.54) is 32.4 Å². The zero-order chi connectivity index (χ0) is 14.5. The number of hydrogen-bond acceptors (Lipinski definition) is 3. The summed E-state index contributed by atoms with van der Waals surface area (Å²) in [5, 5.41) is 4.18.